The summed E-state index contributed by atoms with van der Waals surface area (Å²) in [6.45, 7) is 11.8. The number of aliphatic imine (C=N–C) groups is 1. The summed E-state index contributed by atoms with van der Waals surface area (Å²) in [6, 6.07) is 19.6. The fourth-order valence-electron chi connectivity index (χ4n) is 3.53. The van der Waals surface area contributed by atoms with Gasteiger partial charge in [-0.05, 0) is 29.0 Å². The minimum Gasteiger partial charge on any atom is -0.472 e. The number of hydrogen-bond donors (Lipinski definition) is 0. The quantitative estimate of drug-likeness (QED) is 0.645. The van der Waals surface area contributed by atoms with E-state index < -0.39 is 0 Å². The van der Waals surface area contributed by atoms with Crippen LogP contribution < -0.4 is 0 Å². The molecule has 2 atom stereocenters. The van der Waals surface area contributed by atoms with Gasteiger partial charge in [0.1, 0.15) is 6.10 Å². The molecule has 0 aromatic heterocycles. The average molecular weight is 350 g/mol. The second-order valence-electron chi connectivity index (χ2n) is 8.79. The second-order valence-corrected chi connectivity index (χ2v) is 8.79. The molecule has 2 nitrogen and oxygen atoms in total. The Morgan fingerprint density at radius 3 is 2.19 bits per heavy atom. The molecule has 1 aliphatic heterocycles. The zero-order valence-corrected chi connectivity index (χ0v) is 16.7. The Labute approximate surface area is 158 Å². The van der Waals surface area contributed by atoms with Crippen molar-refractivity contribution in [3.05, 3.63) is 71.3 Å². The van der Waals surface area contributed by atoms with Gasteiger partial charge in [-0.1, -0.05) is 89.2 Å². The highest BCUT2D eigenvalue weighted by molar-refractivity contribution is 5.82. The fraction of sp³-hybridized carbons (Fsp3) is 0.458. The van der Waals surface area contributed by atoms with Crippen molar-refractivity contribution in [2.24, 2.45) is 16.3 Å². The Morgan fingerprint density at radius 1 is 0.962 bits per heavy atom. The van der Waals surface area contributed by atoms with Gasteiger partial charge in [-0.3, -0.25) is 4.99 Å². The highest BCUT2D eigenvalue weighted by Gasteiger charge is 2.35. The van der Waals surface area contributed by atoms with E-state index in [-0.39, 0.29) is 17.4 Å². The number of ether oxygens (including phenoxy) is 1. The molecule has 26 heavy (non-hydrogen) atoms. The minimum absolute atomic E-state index is 0.0128. The van der Waals surface area contributed by atoms with Crippen LogP contribution in [0, 0.1) is 11.3 Å². The zero-order valence-electron chi connectivity index (χ0n) is 16.7. The molecular weight excluding hydrogens is 318 g/mol. The first-order chi connectivity index (χ1) is 12.3. The third-order valence-corrected chi connectivity index (χ3v) is 4.86. The highest BCUT2D eigenvalue weighted by atomic mass is 16.5. The Hall–Kier alpha value is -2.09. The smallest absolute Gasteiger partial charge is 0.189 e. The third-order valence-electron chi connectivity index (χ3n) is 4.86. The summed E-state index contributed by atoms with van der Waals surface area (Å²) in [6.07, 6.45) is 1.13. The molecule has 2 unspecified atom stereocenters. The first-order valence-electron chi connectivity index (χ1n) is 9.70. The van der Waals surface area contributed by atoms with E-state index in [4.69, 9.17) is 9.73 Å². The van der Waals surface area contributed by atoms with Crippen LogP contribution in [0.5, 0.6) is 0 Å². The van der Waals surface area contributed by atoms with Gasteiger partial charge in [-0.15, -0.1) is 0 Å². The average Bonchev–Trinajstić information content (AvgIpc) is 2.61. The van der Waals surface area contributed by atoms with Crippen LogP contribution in [-0.4, -0.2) is 12.4 Å². The topological polar surface area (TPSA) is 21.6 Å². The van der Waals surface area contributed by atoms with Gasteiger partial charge in [0.15, 0.2) is 5.90 Å². The molecule has 2 heteroatoms. The lowest BCUT2D eigenvalue weighted by molar-refractivity contribution is 0.123. The summed E-state index contributed by atoms with van der Waals surface area (Å²) in [5.41, 5.74) is 3.86. The number of hydrogen-bond acceptors (Lipinski definition) is 2. The Balaban J connectivity index is 1.91. The molecule has 0 spiro atoms. The molecule has 0 N–H and O–H groups in total. The van der Waals surface area contributed by atoms with Crippen molar-refractivity contribution in [1.82, 2.24) is 0 Å². The molecule has 3 rings (SSSR count). The normalized spacial score (nSPS) is 20.6. The summed E-state index contributed by atoms with van der Waals surface area (Å²) in [7, 11) is 0. The van der Waals surface area contributed by atoms with E-state index in [9.17, 15) is 0 Å². The summed E-state index contributed by atoms with van der Waals surface area (Å²) < 4.78 is 6.45. The molecule has 2 aromatic rings. The molecule has 0 bridgehead atoms. The predicted molar refractivity (Wildman–Crippen MR) is 110 cm³/mol. The van der Waals surface area contributed by atoms with E-state index >= 15 is 0 Å². The zero-order chi connectivity index (χ0) is 18.7. The van der Waals surface area contributed by atoms with Gasteiger partial charge in [0.2, 0.25) is 0 Å². The molecule has 138 valence electrons. The van der Waals surface area contributed by atoms with Crippen molar-refractivity contribution >= 4 is 5.90 Å². The van der Waals surface area contributed by atoms with Crippen LogP contribution in [0.2, 0.25) is 0 Å². The molecule has 0 radical (unpaired) electrons. The third kappa shape index (κ3) is 4.35. The minimum atomic E-state index is -0.0703. The maximum absolute atomic E-state index is 6.45. The van der Waals surface area contributed by atoms with E-state index in [0.717, 1.165) is 18.9 Å². The van der Waals surface area contributed by atoms with Crippen LogP contribution in [-0.2, 0) is 11.2 Å². The monoisotopic (exact) mass is 349 g/mol. The van der Waals surface area contributed by atoms with Gasteiger partial charge in [0.25, 0.3) is 0 Å². The molecule has 0 saturated carbocycles. The second kappa shape index (κ2) is 7.65. The summed E-state index contributed by atoms with van der Waals surface area (Å²) in [4.78, 5) is 4.80. The van der Waals surface area contributed by atoms with Crippen LogP contribution in [0.25, 0.3) is 0 Å². The van der Waals surface area contributed by atoms with E-state index in [1.807, 2.05) is 0 Å². The number of rotatable bonds is 4. The van der Waals surface area contributed by atoms with Crippen molar-refractivity contribution in [3.8, 4) is 0 Å². The van der Waals surface area contributed by atoms with E-state index in [2.05, 4.69) is 89.2 Å². The van der Waals surface area contributed by atoms with Gasteiger partial charge in [-0.2, -0.15) is 0 Å². The van der Waals surface area contributed by atoms with Gasteiger partial charge in [0.05, 0.1) is 6.54 Å². The molecule has 1 heterocycles. The Bertz CT molecular complexity index is 738. The maximum Gasteiger partial charge on any atom is 0.189 e. The summed E-state index contributed by atoms with van der Waals surface area (Å²) >= 11 is 0. The predicted octanol–water partition coefficient (Wildman–Crippen LogP) is 6.18. The lowest BCUT2D eigenvalue weighted by Crippen LogP contribution is -2.33. The molecule has 0 fully saturated rings. The largest absolute Gasteiger partial charge is 0.472 e. The van der Waals surface area contributed by atoms with E-state index in [1.165, 1.54) is 16.7 Å². The van der Waals surface area contributed by atoms with Gasteiger partial charge in [-0.25, -0.2) is 0 Å². The Kier molecular flexibility index (Phi) is 5.50. The van der Waals surface area contributed by atoms with Crippen LogP contribution in [0.4, 0.5) is 0 Å². The number of benzene rings is 2. The van der Waals surface area contributed by atoms with Crippen LogP contribution >= 0.6 is 0 Å². The van der Waals surface area contributed by atoms with Crippen LogP contribution in [0.1, 0.15) is 63.3 Å². The Morgan fingerprint density at radius 2 is 1.62 bits per heavy atom. The lowest BCUT2D eigenvalue weighted by Gasteiger charge is -2.36. The summed E-state index contributed by atoms with van der Waals surface area (Å²) in [5, 5.41) is 0. The molecule has 0 saturated heterocycles. The van der Waals surface area contributed by atoms with E-state index in [1.54, 1.807) is 0 Å². The highest BCUT2D eigenvalue weighted by Crippen LogP contribution is 2.39. The van der Waals surface area contributed by atoms with Crippen molar-refractivity contribution in [1.29, 1.82) is 0 Å². The molecule has 0 amide bonds. The van der Waals surface area contributed by atoms with Crippen molar-refractivity contribution in [3.63, 3.8) is 0 Å². The first-order valence-corrected chi connectivity index (χ1v) is 9.70. The van der Waals surface area contributed by atoms with Crippen molar-refractivity contribution in [2.45, 2.75) is 53.1 Å². The van der Waals surface area contributed by atoms with Crippen molar-refractivity contribution in [2.75, 3.05) is 6.54 Å². The van der Waals surface area contributed by atoms with Gasteiger partial charge >= 0.3 is 0 Å². The number of nitrogens with zero attached hydrogens (tertiary/aromatic N) is 1. The first kappa shape index (κ1) is 18.7. The fourth-order valence-corrected chi connectivity index (χ4v) is 3.53. The van der Waals surface area contributed by atoms with E-state index in [0.29, 0.717) is 5.92 Å². The maximum atomic E-state index is 6.45. The lowest BCUT2D eigenvalue weighted by atomic mass is 9.86. The van der Waals surface area contributed by atoms with Crippen molar-refractivity contribution < 1.29 is 4.74 Å². The van der Waals surface area contributed by atoms with Crippen LogP contribution in [0.3, 0.4) is 0 Å². The standard InChI is InChI=1S/C24H31NO/c1-17(2)15-18-11-13-19(14-12-18)21-16-25-23(24(3,4)5)26-22(21)20-9-7-6-8-10-20/h6-14,17,21-22H,15-16H2,1-5H3. The summed E-state index contributed by atoms with van der Waals surface area (Å²) in [5.74, 6) is 1.78. The molecular formula is C24H31NO. The molecule has 1 aliphatic rings. The van der Waals surface area contributed by atoms with Crippen LogP contribution in [0.15, 0.2) is 59.6 Å². The molecule has 0 aliphatic carbocycles. The molecule has 2 aromatic carbocycles. The SMILES string of the molecule is CC(C)Cc1ccc(C2CN=C(C(C)(C)C)OC2c2ccccc2)cc1. The van der Waals surface area contributed by atoms with Gasteiger partial charge < -0.3 is 4.74 Å². The van der Waals surface area contributed by atoms with Gasteiger partial charge in [0, 0.05) is 11.3 Å².